The summed E-state index contributed by atoms with van der Waals surface area (Å²) in [6.45, 7) is 0. The van der Waals surface area contributed by atoms with E-state index in [-0.39, 0.29) is 43.2 Å². The zero-order valence-electron chi connectivity index (χ0n) is 2.47. The zero-order chi connectivity index (χ0) is 3.58. The van der Waals surface area contributed by atoms with Gasteiger partial charge in [-0.05, 0) is 0 Å². The molecule has 0 rings (SSSR count). The Labute approximate surface area is 63.4 Å². The van der Waals surface area contributed by atoms with Gasteiger partial charge in [-0.25, -0.2) is 0 Å². The molecule has 0 bridgehead atoms. The minimum absolute atomic E-state index is 0. The maximum Gasteiger partial charge on any atom is 0.0689 e. The van der Waals surface area contributed by atoms with Gasteiger partial charge in [0, 0.05) is 37.7 Å². The van der Waals surface area contributed by atoms with Crippen molar-refractivity contribution in [1.82, 2.24) is 0 Å². The standard InChI is InChI=1S/Ho.NO3.H2O/c;2-1(3)4;/h;;1H2/q;-1;. The average Bonchev–Trinajstić information content (AvgIpc) is 0.811. The largest absolute Gasteiger partial charge is 0.412 e. The molecule has 0 aliphatic rings. The van der Waals surface area contributed by atoms with E-state index < -0.39 is 5.09 Å². The second-order valence-electron chi connectivity index (χ2n) is 0.224. The van der Waals surface area contributed by atoms with E-state index >= 15 is 0 Å². The molecular weight excluding hydrogens is 243 g/mol. The predicted molar refractivity (Wildman–Crippen MR) is 14.0 cm³/mol. The van der Waals surface area contributed by atoms with Crippen molar-refractivity contribution in [2.24, 2.45) is 0 Å². The first-order valence-electron chi connectivity index (χ1n) is 0.548. The molecule has 0 aromatic carbocycles. The molecule has 0 aliphatic carbocycles. The summed E-state index contributed by atoms with van der Waals surface area (Å²) in [7, 11) is 0. The maximum absolute atomic E-state index is 8.25. The first-order valence-corrected chi connectivity index (χ1v) is 0.548. The summed E-state index contributed by atoms with van der Waals surface area (Å²) in [6, 6.07) is 0. The van der Waals surface area contributed by atoms with Gasteiger partial charge in [-0.15, -0.1) is 0 Å². The van der Waals surface area contributed by atoms with Crippen LogP contribution >= 0.6 is 0 Å². The Morgan fingerprint density at radius 3 is 1.33 bits per heavy atom. The van der Waals surface area contributed by atoms with E-state index in [1.807, 2.05) is 0 Å². The molecule has 6 heavy (non-hydrogen) atoms. The summed E-state index contributed by atoms with van der Waals surface area (Å²) in [5, 5.41) is 14.8. The maximum atomic E-state index is 8.25. The number of rotatable bonds is 0. The van der Waals surface area contributed by atoms with E-state index in [1.165, 1.54) is 0 Å². The van der Waals surface area contributed by atoms with Crippen molar-refractivity contribution in [3.05, 3.63) is 15.3 Å². The zero-order valence-corrected chi connectivity index (χ0v) is 4.41. The first kappa shape index (κ1) is 16.1. The van der Waals surface area contributed by atoms with Gasteiger partial charge >= 0.3 is 0 Å². The minimum atomic E-state index is -1.75. The van der Waals surface area contributed by atoms with Crippen LogP contribution in [0.1, 0.15) is 0 Å². The third-order valence-electron chi connectivity index (χ3n) is 0. The predicted octanol–water partition coefficient (Wildman–Crippen LogP) is -1.06. The van der Waals surface area contributed by atoms with E-state index in [1.54, 1.807) is 0 Å². The summed E-state index contributed by atoms with van der Waals surface area (Å²) in [4.78, 5) is 8.25. The second kappa shape index (κ2) is 9.05. The van der Waals surface area contributed by atoms with Crippen LogP contribution in [0.2, 0.25) is 0 Å². The Hall–Kier alpha value is 0.420. The third-order valence-corrected chi connectivity index (χ3v) is 0. The van der Waals surface area contributed by atoms with Crippen molar-refractivity contribution in [2.75, 3.05) is 0 Å². The number of hydrogen-bond acceptors (Lipinski definition) is 3. The van der Waals surface area contributed by atoms with Gasteiger partial charge in [0.25, 0.3) is 0 Å². The molecule has 43 valence electrons. The fraction of sp³-hybridized carbons (Fsp3) is 0. The Morgan fingerprint density at radius 2 is 1.33 bits per heavy atom. The molecule has 0 spiro atoms. The molecule has 0 unspecified atom stereocenters. The topological polar surface area (TPSA) is 97.7 Å². The molecule has 1 radical (unpaired) electrons. The molecule has 0 aliphatic heterocycles. The summed E-state index contributed by atoms with van der Waals surface area (Å²) in [6.07, 6.45) is 0. The average molecular weight is 245 g/mol. The van der Waals surface area contributed by atoms with Gasteiger partial charge in [-0.1, -0.05) is 0 Å². The van der Waals surface area contributed by atoms with Crippen molar-refractivity contribution in [3.63, 3.8) is 0 Å². The monoisotopic (exact) mass is 245 g/mol. The van der Waals surface area contributed by atoms with Crippen LogP contribution in [0.15, 0.2) is 0 Å². The van der Waals surface area contributed by atoms with Gasteiger partial charge in [0.15, 0.2) is 0 Å². The molecule has 0 saturated carbocycles. The third kappa shape index (κ3) is 293. The molecule has 0 atom stereocenters. The fourth-order valence-corrected chi connectivity index (χ4v) is 0. The van der Waals surface area contributed by atoms with Crippen LogP contribution in [0.25, 0.3) is 0 Å². The molecular formula is H2HoNO4-. The van der Waals surface area contributed by atoms with Crippen LogP contribution in [0.5, 0.6) is 0 Å². The quantitative estimate of drug-likeness (QED) is 0.309. The number of nitrogens with zero attached hydrogens (tertiary/aromatic N) is 1. The summed E-state index contributed by atoms with van der Waals surface area (Å²) in [5.74, 6) is 0. The van der Waals surface area contributed by atoms with Gasteiger partial charge in [0.1, 0.15) is 0 Å². The summed E-state index contributed by atoms with van der Waals surface area (Å²) >= 11 is 0. The molecule has 0 fully saturated rings. The van der Waals surface area contributed by atoms with Crippen molar-refractivity contribution < 1.29 is 48.3 Å². The fourth-order valence-electron chi connectivity index (χ4n) is 0. The molecule has 0 aromatic heterocycles. The normalized spacial score (nSPS) is 4.00. The molecule has 0 heterocycles. The van der Waals surface area contributed by atoms with Crippen LogP contribution in [0.4, 0.5) is 0 Å². The van der Waals surface area contributed by atoms with E-state index in [4.69, 9.17) is 15.3 Å². The molecule has 6 heteroatoms. The minimum Gasteiger partial charge on any atom is -0.412 e. The van der Waals surface area contributed by atoms with Gasteiger partial charge < -0.3 is 20.8 Å². The van der Waals surface area contributed by atoms with Crippen molar-refractivity contribution in [1.29, 1.82) is 0 Å². The molecule has 0 aromatic rings. The SMILES string of the molecule is O.O=[N+]([O-])[O-].[Ho]. The van der Waals surface area contributed by atoms with Gasteiger partial charge in [0.2, 0.25) is 0 Å². The summed E-state index contributed by atoms with van der Waals surface area (Å²) in [5.41, 5.74) is 0. The van der Waals surface area contributed by atoms with Crippen LogP contribution in [-0.2, 0) is 0 Å². The van der Waals surface area contributed by atoms with E-state index in [0.29, 0.717) is 0 Å². The molecule has 2 N–H and O–H groups in total. The van der Waals surface area contributed by atoms with Crippen molar-refractivity contribution in [2.45, 2.75) is 0 Å². The van der Waals surface area contributed by atoms with Crippen LogP contribution < -0.4 is 0 Å². The summed E-state index contributed by atoms with van der Waals surface area (Å²) < 4.78 is 0. The van der Waals surface area contributed by atoms with Gasteiger partial charge in [-0.2, -0.15) is 0 Å². The van der Waals surface area contributed by atoms with Crippen LogP contribution in [0, 0.1) is 53.1 Å². The second-order valence-corrected chi connectivity index (χ2v) is 0.224. The molecule has 0 saturated heterocycles. The van der Waals surface area contributed by atoms with E-state index in [9.17, 15) is 0 Å². The Bertz CT molecular complexity index is 30.5. The van der Waals surface area contributed by atoms with Gasteiger partial charge in [0.05, 0.1) is 5.09 Å². The van der Waals surface area contributed by atoms with E-state index in [0.717, 1.165) is 0 Å². The molecule has 5 nitrogen and oxygen atoms in total. The number of hydrogen-bond donors (Lipinski definition) is 0. The van der Waals surface area contributed by atoms with Gasteiger partial charge in [-0.3, -0.25) is 0 Å². The Balaban J connectivity index is -0.0000000450. The Kier molecular flexibility index (Phi) is 24.3. The Morgan fingerprint density at radius 1 is 1.33 bits per heavy atom. The van der Waals surface area contributed by atoms with E-state index in [2.05, 4.69) is 0 Å². The molecule has 0 amide bonds. The van der Waals surface area contributed by atoms with Crippen molar-refractivity contribution >= 4 is 0 Å². The van der Waals surface area contributed by atoms with Crippen molar-refractivity contribution in [3.8, 4) is 0 Å². The van der Waals surface area contributed by atoms with Crippen LogP contribution in [0.3, 0.4) is 0 Å². The smallest absolute Gasteiger partial charge is 0.0689 e. The first-order chi connectivity index (χ1) is 1.73. The van der Waals surface area contributed by atoms with Crippen LogP contribution in [-0.4, -0.2) is 10.6 Å².